The zero-order valence-corrected chi connectivity index (χ0v) is 28.8. The summed E-state index contributed by atoms with van der Waals surface area (Å²) in [5, 5.41) is 8.16. The van der Waals surface area contributed by atoms with Gasteiger partial charge in [0.1, 0.15) is 0 Å². The van der Waals surface area contributed by atoms with Crippen LogP contribution in [-0.2, 0) is 0 Å². The van der Waals surface area contributed by atoms with Crippen molar-refractivity contribution in [3.8, 4) is 5.69 Å². The van der Waals surface area contributed by atoms with Gasteiger partial charge in [0.25, 0.3) is 0 Å². The first kappa shape index (κ1) is 30.2. The van der Waals surface area contributed by atoms with Crippen molar-refractivity contribution in [3.63, 3.8) is 0 Å². The highest BCUT2D eigenvalue weighted by Gasteiger charge is 2.21. The van der Waals surface area contributed by atoms with E-state index in [1.165, 1.54) is 38.2 Å². The third-order valence-corrected chi connectivity index (χ3v) is 10.5. The Bertz CT molecular complexity index is 2930. The van der Waals surface area contributed by atoms with Gasteiger partial charge in [0.05, 0.1) is 28.0 Å². The van der Waals surface area contributed by atoms with Crippen LogP contribution in [0.15, 0.2) is 179 Å². The minimum Gasteiger partial charge on any atom is -0.309 e. The van der Waals surface area contributed by atoms with Gasteiger partial charge in [0.15, 0.2) is 5.84 Å². The molecule has 2 aromatic heterocycles. The molecule has 0 fully saturated rings. The summed E-state index contributed by atoms with van der Waals surface area (Å²) in [6, 6.07) is 56.0. The lowest BCUT2D eigenvalue weighted by Gasteiger charge is -2.18. The van der Waals surface area contributed by atoms with Crippen LogP contribution in [0.5, 0.6) is 0 Å². The van der Waals surface area contributed by atoms with E-state index in [0.717, 1.165) is 68.3 Å². The summed E-state index contributed by atoms with van der Waals surface area (Å²) in [5.74, 6) is 0.679. The predicted molar refractivity (Wildman–Crippen MR) is 219 cm³/mol. The fourth-order valence-electron chi connectivity index (χ4n) is 7.97. The topological polar surface area (TPSA) is 42.5 Å². The van der Waals surface area contributed by atoms with Crippen LogP contribution in [-0.4, -0.2) is 21.1 Å². The van der Waals surface area contributed by atoms with Gasteiger partial charge in [0.2, 0.25) is 0 Å². The molecular weight excluding hydrogens is 633 g/mol. The van der Waals surface area contributed by atoms with E-state index in [4.69, 9.17) is 15.0 Å². The van der Waals surface area contributed by atoms with Crippen molar-refractivity contribution in [3.05, 3.63) is 186 Å². The first-order valence-corrected chi connectivity index (χ1v) is 17.9. The molecule has 10 rings (SSSR count). The molecule has 52 heavy (non-hydrogen) atoms. The number of hydrogen-bond donors (Lipinski definition) is 0. The molecule has 0 radical (unpaired) electrons. The van der Waals surface area contributed by atoms with E-state index in [-0.39, 0.29) is 0 Å². The lowest BCUT2D eigenvalue weighted by Crippen LogP contribution is -2.11. The van der Waals surface area contributed by atoms with Gasteiger partial charge in [-0.15, -0.1) is 0 Å². The fourth-order valence-corrected chi connectivity index (χ4v) is 7.97. The van der Waals surface area contributed by atoms with Crippen molar-refractivity contribution < 1.29 is 0 Å². The normalized spacial score (nSPS) is 17.2. The number of benzene rings is 7. The summed E-state index contributed by atoms with van der Waals surface area (Å²) in [6.07, 6.45) is 3.64. The van der Waals surface area contributed by atoms with Crippen molar-refractivity contribution in [1.82, 2.24) is 9.55 Å². The first-order valence-electron chi connectivity index (χ1n) is 17.9. The number of amidine groups is 1. The van der Waals surface area contributed by atoms with Gasteiger partial charge in [-0.25, -0.2) is 9.98 Å². The Hall–Kier alpha value is -6.65. The number of aliphatic imine (C=N–C) groups is 2. The Morgan fingerprint density at radius 2 is 1.17 bits per heavy atom. The minimum absolute atomic E-state index is 0.679. The molecule has 0 amide bonds. The molecule has 9 aromatic rings. The summed E-state index contributed by atoms with van der Waals surface area (Å²) in [7, 11) is 0. The standard InChI is InChI=1S/C48H34N4/c1-31-24-26-42(32-14-4-2-5-15-32)50-48(41-28-33-16-8-10-20-37(33)45-38-21-11-9-17-35(38)30-49-47(41)45)51-46(31)34-25-27-44-40(29-34)39-22-12-13-23-43(39)52(44)36-18-6-3-7-19-36/h2-23,25,27-30H,24,26H2,1H3/b46-31+,50-42+,51-48-. The van der Waals surface area contributed by atoms with Crippen molar-refractivity contribution in [2.24, 2.45) is 9.98 Å². The van der Waals surface area contributed by atoms with Gasteiger partial charge in [-0.3, -0.25) is 4.98 Å². The van der Waals surface area contributed by atoms with Crippen molar-refractivity contribution in [2.45, 2.75) is 19.8 Å². The molecule has 0 bridgehead atoms. The Labute approximate surface area is 301 Å². The van der Waals surface area contributed by atoms with E-state index >= 15 is 0 Å². The lowest BCUT2D eigenvalue weighted by atomic mass is 9.95. The summed E-state index contributed by atoms with van der Waals surface area (Å²) in [5.41, 5.74) is 10.8. The maximum atomic E-state index is 5.58. The Morgan fingerprint density at radius 3 is 1.98 bits per heavy atom. The number of fused-ring (bicyclic) bond motifs is 8. The Kier molecular flexibility index (Phi) is 7.14. The Balaban J connectivity index is 1.25. The Morgan fingerprint density at radius 1 is 0.519 bits per heavy atom. The van der Waals surface area contributed by atoms with Crippen LogP contribution in [0.3, 0.4) is 0 Å². The molecule has 4 heteroatoms. The van der Waals surface area contributed by atoms with Crippen LogP contribution >= 0.6 is 0 Å². The van der Waals surface area contributed by atoms with E-state index in [9.17, 15) is 0 Å². The monoisotopic (exact) mass is 666 g/mol. The highest BCUT2D eigenvalue weighted by Crippen LogP contribution is 2.38. The molecule has 1 aliphatic heterocycles. The van der Waals surface area contributed by atoms with Crippen molar-refractivity contribution >= 4 is 71.5 Å². The van der Waals surface area contributed by atoms with Crippen molar-refractivity contribution in [2.75, 3.05) is 0 Å². The third-order valence-electron chi connectivity index (χ3n) is 10.5. The molecule has 3 heterocycles. The number of nitrogens with zero attached hydrogens (tertiary/aromatic N) is 4. The number of para-hydroxylation sites is 2. The van der Waals surface area contributed by atoms with Gasteiger partial charge in [0, 0.05) is 44.6 Å². The summed E-state index contributed by atoms with van der Waals surface area (Å²) in [4.78, 5) is 16.2. The minimum atomic E-state index is 0.679. The molecule has 0 aliphatic carbocycles. The third kappa shape index (κ3) is 4.95. The van der Waals surface area contributed by atoms with Crippen LogP contribution in [0.4, 0.5) is 0 Å². The predicted octanol–water partition coefficient (Wildman–Crippen LogP) is 12.1. The van der Waals surface area contributed by atoms with E-state index < -0.39 is 0 Å². The molecule has 0 saturated carbocycles. The zero-order valence-electron chi connectivity index (χ0n) is 28.8. The molecule has 0 unspecified atom stereocenters. The summed E-state index contributed by atoms with van der Waals surface area (Å²) in [6.45, 7) is 2.23. The summed E-state index contributed by atoms with van der Waals surface area (Å²) < 4.78 is 2.36. The highest BCUT2D eigenvalue weighted by molar-refractivity contribution is 6.26. The van der Waals surface area contributed by atoms with Gasteiger partial charge >= 0.3 is 0 Å². The van der Waals surface area contributed by atoms with E-state index in [1.807, 2.05) is 6.20 Å². The lowest BCUT2D eigenvalue weighted by molar-refractivity contribution is 1.00. The smallest absolute Gasteiger partial charge is 0.162 e. The van der Waals surface area contributed by atoms with E-state index in [0.29, 0.717) is 5.84 Å². The number of allylic oxidation sites excluding steroid dienone is 1. The zero-order chi connectivity index (χ0) is 34.6. The number of rotatable bonds is 4. The van der Waals surface area contributed by atoms with Crippen LogP contribution < -0.4 is 0 Å². The second-order valence-corrected chi connectivity index (χ2v) is 13.6. The summed E-state index contributed by atoms with van der Waals surface area (Å²) >= 11 is 0. The van der Waals surface area contributed by atoms with Crippen molar-refractivity contribution in [1.29, 1.82) is 0 Å². The second-order valence-electron chi connectivity index (χ2n) is 13.6. The van der Waals surface area contributed by atoms with E-state index in [1.54, 1.807) is 0 Å². The first-order chi connectivity index (χ1) is 25.7. The number of hydrogen-bond acceptors (Lipinski definition) is 3. The van der Waals surface area contributed by atoms with Gasteiger partial charge in [-0.2, -0.15) is 0 Å². The fraction of sp³-hybridized carbons (Fsp3) is 0.0625. The molecule has 0 atom stereocenters. The van der Waals surface area contributed by atoms with Crippen LogP contribution in [0.1, 0.15) is 36.5 Å². The van der Waals surface area contributed by atoms with Gasteiger partial charge < -0.3 is 4.57 Å². The van der Waals surface area contributed by atoms with Crippen LogP contribution in [0.2, 0.25) is 0 Å². The molecule has 0 spiro atoms. The van der Waals surface area contributed by atoms with Gasteiger partial charge in [-0.05, 0) is 83.5 Å². The highest BCUT2D eigenvalue weighted by atomic mass is 15.0. The molecule has 7 aromatic carbocycles. The maximum absolute atomic E-state index is 5.58. The second kappa shape index (κ2) is 12.3. The number of aromatic nitrogens is 2. The van der Waals surface area contributed by atoms with Gasteiger partial charge in [-0.1, -0.05) is 121 Å². The quantitative estimate of drug-likeness (QED) is 0.172. The van der Waals surface area contributed by atoms with Crippen LogP contribution in [0.25, 0.3) is 65.6 Å². The maximum Gasteiger partial charge on any atom is 0.162 e. The average Bonchev–Trinajstić information content (AvgIpc) is 3.53. The van der Waals surface area contributed by atoms with E-state index in [2.05, 4.69) is 169 Å². The molecule has 1 aliphatic rings. The molecule has 0 N–H and O–H groups in total. The number of pyridine rings is 1. The molecular formula is C48H34N4. The SMILES string of the molecule is C\C1=C(c2ccc3c(c2)c2ccccc2n3-c2ccccc2)/N=C(c2cc3ccccc3c3c2ncc2ccccc23)\N=C(\c2ccccc2)CC1. The average molecular weight is 667 g/mol. The molecule has 4 nitrogen and oxygen atoms in total. The van der Waals surface area contributed by atoms with Crippen LogP contribution in [0, 0.1) is 0 Å². The molecule has 246 valence electrons. The largest absolute Gasteiger partial charge is 0.309 e. The molecule has 0 saturated heterocycles.